The summed E-state index contributed by atoms with van der Waals surface area (Å²) in [5, 5.41) is 0. The highest BCUT2D eigenvalue weighted by molar-refractivity contribution is 7.57. The second-order valence-corrected chi connectivity index (χ2v) is 7.80. The first kappa shape index (κ1) is 20.0. The predicted octanol–water partition coefficient (Wildman–Crippen LogP) is 4.42. The molecule has 0 aromatic rings. The molecule has 0 N–H and O–H groups in total. The fourth-order valence-corrected chi connectivity index (χ4v) is 4.44. The normalized spacial score (nSPS) is 13.2. The van der Waals surface area contributed by atoms with E-state index in [4.69, 9.17) is 18.1 Å². The van der Waals surface area contributed by atoms with Crippen LogP contribution in [0, 0.1) is 0 Å². The third-order valence-corrected chi connectivity index (χ3v) is 6.05. The molecule has 0 aromatic heterocycles. The van der Waals surface area contributed by atoms with E-state index in [2.05, 4.69) is 0 Å². The number of hydrogen-bond acceptors (Lipinski definition) is 6. The molecule has 0 saturated heterocycles. The Hall–Kier alpha value is 0.0400. The second kappa shape index (κ2) is 10.7. The summed E-state index contributed by atoms with van der Waals surface area (Å²) in [5.41, 5.74) is 0. The minimum absolute atomic E-state index is 0.240. The van der Waals surface area contributed by atoms with Gasteiger partial charge in [-0.15, -0.1) is 0 Å². The summed E-state index contributed by atoms with van der Waals surface area (Å²) in [4.78, 5) is 0. The summed E-state index contributed by atoms with van der Waals surface area (Å²) in [6, 6.07) is 0. The van der Waals surface area contributed by atoms with Gasteiger partial charge in [-0.2, -0.15) is 0 Å². The molecule has 8 heteroatoms. The molecule has 0 aliphatic carbocycles. The summed E-state index contributed by atoms with van der Waals surface area (Å²) >= 11 is 0. The Morgan fingerprint density at radius 1 is 0.800 bits per heavy atom. The van der Waals surface area contributed by atoms with Crippen molar-refractivity contribution in [1.29, 1.82) is 0 Å². The summed E-state index contributed by atoms with van der Waals surface area (Å²) in [6.45, 7) is 8.29. The minimum Gasteiger partial charge on any atom is -0.309 e. The van der Waals surface area contributed by atoms with Crippen molar-refractivity contribution in [1.82, 2.24) is 0 Å². The van der Waals surface area contributed by atoms with E-state index in [1.54, 1.807) is 33.8 Å². The quantitative estimate of drug-likeness (QED) is 0.494. The van der Waals surface area contributed by atoms with Gasteiger partial charge in [0, 0.05) is 5.82 Å². The summed E-state index contributed by atoms with van der Waals surface area (Å²) in [5.74, 6) is 1.40. The van der Waals surface area contributed by atoms with Crippen molar-refractivity contribution in [3.05, 3.63) is 11.9 Å². The zero-order valence-corrected chi connectivity index (χ0v) is 14.5. The van der Waals surface area contributed by atoms with Crippen LogP contribution in [0.3, 0.4) is 0 Å². The average molecular weight is 328 g/mol. The Bertz CT molecular complexity index is 349. The summed E-state index contributed by atoms with van der Waals surface area (Å²) in [6.07, 6.45) is 2.29. The van der Waals surface area contributed by atoms with Crippen LogP contribution in [-0.2, 0) is 27.2 Å². The fraction of sp³-hybridized carbons (Fsp3) is 0.833. The fourth-order valence-electron chi connectivity index (χ4n) is 1.48. The van der Waals surface area contributed by atoms with E-state index in [-0.39, 0.29) is 6.16 Å². The van der Waals surface area contributed by atoms with Crippen molar-refractivity contribution in [3.63, 3.8) is 0 Å². The molecule has 0 rings (SSSR count). The Labute approximate surface area is 121 Å². The van der Waals surface area contributed by atoms with Crippen molar-refractivity contribution < 1.29 is 27.2 Å². The van der Waals surface area contributed by atoms with Crippen molar-refractivity contribution in [2.45, 2.75) is 34.1 Å². The lowest BCUT2D eigenvalue weighted by Gasteiger charge is -2.16. The molecule has 0 unspecified atom stereocenters. The lowest BCUT2D eigenvalue weighted by molar-refractivity contribution is 0.220. The van der Waals surface area contributed by atoms with E-state index < -0.39 is 15.2 Å². The Balaban J connectivity index is 4.47. The SMILES string of the molecule is CCOP(=O)(/C=C/CCP(=O)(OCC)OCC)OCC. The molecule has 0 aliphatic rings. The van der Waals surface area contributed by atoms with E-state index >= 15 is 0 Å². The molecular weight excluding hydrogens is 302 g/mol. The Morgan fingerprint density at radius 2 is 1.25 bits per heavy atom. The lowest BCUT2D eigenvalue weighted by atomic mass is 10.5. The van der Waals surface area contributed by atoms with Crippen LogP contribution in [0.25, 0.3) is 0 Å². The first-order valence-corrected chi connectivity index (χ1v) is 10.2. The minimum atomic E-state index is -3.18. The highest BCUT2D eigenvalue weighted by Gasteiger charge is 2.23. The third-order valence-electron chi connectivity index (χ3n) is 2.13. The maximum absolute atomic E-state index is 12.2. The van der Waals surface area contributed by atoms with Crippen molar-refractivity contribution in [2.24, 2.45) is 0 Å². The number of hydrogen-bond donors (Lipinski definition) is 0. The molecule has 0 spiro atoms. The van der Waals surface area contributed by atoms with Gasteiger partial charge in [-0.05, 0) is 34.1 Å². The van der Waals surface area contributed by atoms with E-state index in [9.17, 15) is 9.13 Å². The van der Waals surface area contributed by atoms with E-state index in [0.717, 1.165) is 0 Å². The molecule has 20 heavy (non-hydrogen) atoms. The summed E-state index contributed by atoms with van der Waals surface area (Å²) < 4.78 is 44.9. The van der Waals surface area contributed by atoms with Gasteiger partial charge in [0.2, 0.25) is 0 Å². The first-order chi connectivity index (χ1) is 9.45. The van der Waals surface area contributed by atoms with Crippen molar-refractivity contribution >= 4 is 15.2 Å². The number of rotatable bonds is 12. The van der Waals surface area contributed by atoms with Gasteiger partial charge in [-0.3, -0.25) is 9.13 Å². The Kier molecular flexibility index (Phi) is 10.7. The molecule has 0 aromatic carbocycles. The standard InChI is InChI=1S/C12H26O6P2/c1-5-15-19(13,16-6-2)11-9-10-12-20(14,17-7-3)18-8-4/h9,11H,5-8,10,12H2,1-4H3/b11-9+. The van der Waals surface area contributed by atoms with Crippen LogP contribution in [-0.4, -0.2) is 32.6 Å². The number of allylic oxidation sites excluding steroid dienone is 1. The molecular formula is C12H26O6P2. The molecule has 0 heterocycles. The smallest absolute Gasteiger partial charge is 0.309 e. The molecule has 6 nitrogen and oxygen atoms in total. The van der Waals surface area contributed by atoms with E-state index in [1.807, 2.05) is 0 Å². The van der Waals surface area contributed by atoms with Crippen LogP contribution < -0.4 is 0 Å². The van der Waals surface area contributed by atoms with Crippen LogP contribution >= 0.6 is 15.2 Å². The molecule has 0 bridgehead atoms. The highest BCUT2D eigenvalue weighted by Crippen LogP contribution is 2.51. The maximum Gasteiger partial charge on any atom is 0.353 e. The highest BCUT2D eigenvalue weighted by atomic mass is 31.2. The van der Waals surface area contributed by atoms with Gasteiger partial charge in [-0.1, -0.05) is 6.08 Å². The van der Waals surface area contributed by atoms with Gasteiger partial charge in [0.05, 0.1) is 32.6 Å². The Morgan fingerprint density at radius 3 is 1.65 bits per heavy atom. The van der Waals surface area contributed by atoms with Crippen LogP contribution in [0.4, 0.5) is 0 Å². The zero-order valence-electron chi connectivity index (χ0n) is 12.7. The largest absolute Gasteiger partial charge is 0.353 e. The van der Waals surface area contributed by atoms with Crippen molar-refractivity contribution in [3.8, 4) is 0 Å². The van der Waals surface area contributed by atoms with E-state index in [0.29, 0.717) is 32.8 Å². The zero-order chi connectivity index (χ0) is 15.5. The van der Waals surface area contributed by atoms with Crippen LogP contribution in [0.1, 0.15) is 34.1 Å². The third kappa shape index (κ3) is 8.35. The molecule has 0 atom stereocenters. The predicted molar refractivity (Wildman–Crippen MR) is 80.3 cm³/mol. The summed E-state index contributed by atoms with van der Waals surface area (Å²) in [7, 11) is -6.24. The average Bonchev–Trinajstić information content (AvgIpc) is 2.36. The van der Waals surface area contributed by atoms with Gasteiger partial charge >= 0.3 is 15.2 Å². The van der Waals surface area contributed by atoms with Crippen LogP contribution in [0.2, 0.25) is 0 Å². The van der Waals surface area contributed by atoms with Gasteiger partial charge < -0.3 is 18.1 Å². The van der Waals surface area contributed by atoms with Crippen LogP contribution in [0.15, 0.2) is 11.9 Å². The van der Waals surface area contributed by atoms with Gasteiger partial charge in [0.15, 0.2) is 0 Å². The van der Waals surface area contributed by atoms with Gasteiger partial charge in [-0.25, -0.2) is 0 Å². The first-order valence-electron chi connectivity index (χ1n) is 6.89. The molecule has 0 amide bonds. The van der Waals surface area contributed by atoms with Crippen molar-refractivity contribution in [2.75, 3.05) is 32.6 Å². The van der Waals surface area contributed by atoms with Crippen LogP contribution in [0.5, 0.6) is 0 Å². The molecule has 120 valence electrons. The molecule has 0 aliphatic heterocycles. The van der Waals surface area contributed by atoms with Gasteiger partial charge in [0.1, 0.15) is 0 Å². The molecule has 0 radical (unpaired) electrons. The maximum atomic E-state index is 12.2. The topological polar surface area (TPSA) is 71.1 Å². The monoisotopic (exact) mass is 328 g/mol. The van der Waals surface area contributed by atoms with Gasteiger partial charge in [0.25, 0.3) is 0 Å². The second-order valence-electron chi connectivity index (χ2n) is 3.72. The molecule has 0 fully saturated rings. The molecule has 0 saturated carbocycles. The lowest BCUT2D eigenvalue weighted by Crippen LogP contribution is -1.99. The van der Waals surface area contributed by atoms with E-state index in [1.165, 1.54) is 5.82 Å².